The first-order chi connectivity index (χ1) is 8.16. The molecule has 1 fully saturated rings. The van der Waals surface area contributed by atoms with Crippen molar-refractivity contribution in [2.24, 2.45) is 5.92 Å². The van der Waals surface area contributed by atoms with Crippen molar-refractivity contribution < 1.29 is 13.9 Å². The van der Waals surface area contributed by atoms with Gasteiger partial charge in [-0.15, -0.1) is 0 Å². The average Bonchev–Trinajstić information content (AvgIpc) is 2.78. The van der Waals surface area contributed by atoms with Crippen LogP contribution >= 0.6 is 11.6 Å². The van der Waals surface area contributed by atoms with Gasteiger partial charge in [0.05, 0.1) is 17.2 Å². The van der Waals surface area contributed by atoms with Crippen molar-refractivity contribution >= 4 is 17.5 Å². The maximum Gasteiger partial charge on any atom is 0.252 e. The van der Waals surface area contributed by atoms with E-state index in [4.69, 9.17) is 16.3 Å². The fraction of sp³-hybridized carbons (Fsp3) is 0.417. The fourth-order valence-electron chi connectivity index (χ4n) is 1.75. The minimum Gasteiger partial charge on any atom is -0.381 e. The molecule has 1 amide bonds. The Bertz CT molecular complexity index is 419. The molecular formula is C12H13ClFNO2. The van der Waals surface area contributed by atoms with Crippen molar-refractivity contribution in [2.75, 3.05) is 19.8 Å². The zero-order valence-electron chi connectivity index (χ0n) is 9.21. The monoisotopic (exact) mass is 257 g/mol. The Morgan fingerprint density at radius 2 is 2.41 bits per heavy atom. The van der Waals surface area contributed by atoms with Crippen molar-refractivity contribution in [2.45, 2.75) is 6.42 Å². The van der Waals surface area contributed by atoms with Crippen molar-refractivity contribution in [1.82, 2.24) is 5.32 Å². The van der Waals surface area contributed by atoms with E-state index in [1.807, 2.05) is 0 Å². The zero-order valence-corrected chi connectivity index (χ0v) is 9.97. The number of ether oxygens (including phenoxy) is 1. The Morgan fingerprint density at radius 3 is 3.06 bits per heavy atom. The first-order valence-electron chi connectivity index (χ1n) is 5.48. The lowest BCUT2D eigenvalue weighted by molar-refractivity contribution is 0.0945. The molecule has 1 atom stereocenters. The smallest absolute Gasteiger partial charge is 0.252 e. The van der Waals surface area contributed by atoms with Gasteiger partial charge in [0, 0.05) is 19.1 Å². The molecule has 0 spiro atoms. The second-order valence-corrected chi connectivity index (χ2v) is 4.47. The summed E-state index contributed by atoms with van der Waals surface area (Å²) in [4.78, 5) is 11.8. The molecule has 0 unspecified atom stereocenters. The Kier molecular flexibility index (Phi) is 3.97. The second-order valence-electron chi connectivity index (χ2n) is 4.06. The van der Waals surface area contributed by atoms with Crippen molar-refractivity contribution in [3.63, 3.8) is 0 Å². The van der Waals surface area contributed by atoms with Gasteiger partial charge in [-0.05, 0) is 24.6 Å². The largest absolute Gasteiger partial charge is 0.381 e. The lowest BCUT2D eigenvalue weighted by atomic mass is 10.1. The van der Waals surface area contributed by atoms with Crippen molar-refractivity contribution in [3.8, 4) is 0 Å². The molecule has 0 aliphatic carbocycles. The van der Waals surface area contributed by atoms with Gasteiger partial charge in [0.1, 0.15) is 5.82 Å². The van der Waals surface area contributed by atoms with Gasteiger partial charge >= 0.3 is 0 Å². The van der Waals surface area contributed by atoms with Crippen LogP contribution in [0.15, 0.2) is 18.2 Å². The highest BCUT2D eigenvalue weighted by atomic mass is 35.5. The molecule has 5 heteroatoms. The number of carbonyl (C=O) groups excluding carboxylic acids is 1. The van der Waals surface area contributed by atoms with Gasteiger partial charge in [0.15, 0.2) is 0 Å². The normalized spacial score (nSPS) is 19.3. The van der Waals surface area contributed by atoms with Crippen LogP contribution in [0, 0.1) is 11.7 Å². The number of hydrogen-bond donors (Lipinski definition) is 1. The first kappa shape index (κ1) is 12.3. The van der Waals surface area contributed by atoms with E-state index >= 15 is 0 Å². The minimum atomic E-state index is -0.448. The van der Waals surface area contributed by atoms with Crippen LogP contribution in [-0.4, -0.2) is 25.7 Å². The van der Waals surface area contributed by atoms with Crippen LogP contribution in [0.5, 0.6) is 0 Å². The maximum atomic E-state index is 12.8. The number of amides is 1. The average molecular weight is 258 g/mol. The topological polar surface area (TPSA) is 38.3 Å². The molecule has 0 bridgehead atoms. The predicted octanol–water partition coefficient (Wildman–Crippen LogP) is 2.25. The molecular weight excluding hydrogens is 245 g/mol. The highest BCUT2D eigenvalue weighted by Gasteiger charge is 2.17. The van der Waals surface area contributed by atoms with E-state index in [0.29, 0.717) is 24.6 Å². The summed E-state index contributed by atoms with van der Waals surface area (Å²) in [6.07, 6.45) is 0.956. The van der Waals surface area contributed by atoms with Crippen molar-refractivity contribution in [1.29, 1.82) is 0 Å². The molecule has 1 aromatic carbocycles. The van der Waals surface area contributed by atoms with E-state index in [-0.39, 0.29) is 10.9 Å². The van der Waals surface area contributed by atoms with Gasteiger partial charge in [-0.25, -0.2) is 4.39 Å². The van der Waals surface area contributed by atoms with Crippen LogP contribution in [0.4, 0.5) is 4.39 Å². The van der Waals surface area contributed by atoms with Gasteiger partial charge in [-0.1, -0.05) is 11.6 Å². The Morgan fingerprint density at radius 1 is 1.59 bits per heavy atom. The summed E-state index contributed by atoms with van der Waals surface area (Å²) in [5.41, 5.74) is 0.298. The Balaban J connectivity index is 1.94. The molecule has 0 aromatic heterocycles. The van der Waals surface area contributed by atoms with Crippen LogP contribution in [0.2, 0.25) is 5.02 Å². The molecule has 1 saturated heterocycles. The summed E-state index contributed by atoms with van der Waals surface area (Å²) in [5.74, 6) is -0.365. The summed E-state index contributed by atoms with van der Waals surface area (Å²) in [6.45, 7) is 1.99. The van der Waals surface area contributed by atoms with Gasteiger partial charge < -0.3 is 10.1 Å². The van der Waals surface area contributed by atoms with E-state index in [9.17, 15) is 9.18 Å². The van der Waals surface area contributed by atoms with Crippen LogP contribution < -0.4 is 5.32 Å². The maximum absolute atomic E-state index is 12.8. The lowest BCUT2D eigenvalue weighted by Gasteiger charge is -2.10. The molecule has 0 saturated carbocycles. The summed E-state index contributed by atoms with van der Waals surface area (Å²) < 4.78 is 18.0. The highest BCUT2D eigenvalue weighted by molar-refractivity contribution is 6.33. The van der Waals surface area contributed by atoms with E-state index in [1.165, 1.54) is 12.1 Å². The van der Waals surface area contributed by atoms with E-state index in [2.05, 4.69) is 5.32 Å². The van der Waals surface area contributed by atoms with Crippen LogP contribution in [0.25, 0.3) is 0 Å². The molecule has 1 heterocycles. The molecule has 1 aromatic rings. The summed E-state index contributed by atoms with van der Waals surface area (Å²) >= 11 is 5.79. The lowest BCUT2D eigenvalue weighted by Crippen LogP contribution is -2.29. The zero-order chi connectivity index (χ0) is 12.3. The van der Waals surface area contributed by atoms with E-state index in [1.54, 1.807) is 0 Å². The minimum absolute atomic E-state index is 0.130. The number of benzene rings is 1. The summed E-state index contributed by atoms with van der Waals surface area (Å²) in [7, 11) is 0. The molecule has 1 aliphatic rings. The fourth-order valence-corrected chi connectivity index (χ4v) is 2.00. The summed E-state index contributed by atoms with van der Waals surface area (Å²) in [6, 6.07) is 3.74. The third-order valence-corrected chi connectivity index (χ3v) is 3.06. The highest BCUT2D eigenvalue weighted by Crippen LogP contribution is 2.17. The quantitative estimate of drug-likeness (QED) is 0.902. The van der Waals surface area contributed by atoms with Crippen molar-refractivity contribution in [3.05, 3.63) is 34.6 Å². The van der Waals surface area contributed by atoms with Gasteiger partial charge in [-0.3, -0.25) is 4.79 Å². The number of rotatable bonds is 3. The first-order valence-corrected chi connectivity index (χ1v) is 5.85. The molecule has 0 radical (unpaired) electrons. The SMILES string of the molecule is O=C(NC[C@H]1CCOC1)c1ccc(F)cc1Cl. The number of nitrogens with one attached hydrogen (secondary N) is 1. The predicted molar refractivity (Wildman–Crippen MR) is 62.7 cm³/mol. The molecule has 1 aliphatic heterocycles. The third-order valence-electron chi connectivity index (χ3n) is 2.75. The molecule has 1 N–H and O–H groups in total. The van der Waals surface area contributed by atoms with Crippen LogP contribution in [-0.2, 0) is 4.74 Å². The van der Waals surface area contributed by atoms with Gasteiger partial charge in [0.2, 0.25) is 0 Å². The van der Waals surface area contributed by atoms with Gasteiger partial charge in [0.25, 0.3) is 5.91 Å². The molecule has 17 heavy (non-hydrogen) atoms. The summed E-state index contributed by atoms with van der Waals surface area (Å²) in [5, 5.41) is 2.91. The number of carbonyl (C=O) groups is 1. The van der Waals surface area contributed by atoms with Gasteiger partial charge in [-0.2, -0.15) is 0 Å². The molecule has 2 rings (SSSR count). The standard InChI is InChI=1S/C12H13ClFNO2/c13-11-5-9(14)1-2-10(11)12(16)15-6-8-3-4-17-7-8/h1-2,5,8H,3-4,6-7H2,(H,15,16)/t8-/m1/s1. The van der Waals surface area contributed by atoms with E-state index in [0.717, 1.165) is 19.1 Å². The van der Waals surface area contributed by atoms with E-state index < -0.39 is 5.82 Å². The Labute approximate surface area is 104 Å². The molecule has 92 valence electrons. The molecule has 3 nitrogen and oxygen atoms in total. The number of halogens is 2. The Hall–Kier alpha value is -1.13. The van der Waals surface area contributed by atoms with Crippen LogP contribution in [0.3, 0.4) is 0 Å². The number of hydrogen-bond acceptors (Lipinski definition) is 2. The second kappa shape index (κ2) is 5.47. The third kappa shape index (κ3) is 3.17. The van der Waals surface area contributed by atoms with Crippen LogP contribution in [0.1, 0.15) is 16.8 Å².